The maximum atomic E-state index is 13.6. The van der Waals surface area contributed by atoms with E-state index in [9.17, 15) is 8.78 Å². The molecule has 0 bridgehead atoms. The summed E-state index contributed by atoms with van der Waals surface area (Å²) in [5.74, 6) is -3.59. The van der Waals surface area contributed by atoms with E-state index in [0.717, 1.165) is 21.3 Å². The van der Waals surface area contributed by atoms with Crippen molar-refractivity contribution in [2.45, 2.75) is 0 Å². The first-order valence-electron chi connectivity index (χ1n) is 4.19. The Kier molecular flexibility index (Phi) is 3.51. The molecule has 0 fully saturated rings. The molecule has 0 atom stereocenters. The highest BCUT2D eigenvalue weighted by Gasteiger charge is 2.27. The molecule has 4 nitrogen and oxygen atoms in total. The van der Waals surface area contributed by atoms with Crippen molar-refractivity contribution in [3.63, 3.8) is 0 Å². The Bertz CT molecular complexity index is 423. The zero-order valence-electron chi connectivity index (χ0n) is 8.93. The van der Waals surface area contributed by atoms with Crippen molar-refractivity contribution in [3.8, 4) is 23.3 Å². The van der Waals surface area contributed by atoms with Crippen LogP contribution in [0.15, 0.2) is 0 Å². The lowest BCUT2D eigenvalue weighted by Gasteiger charge is -2.13. The molecule has 1 aromatic carbocycles. The lowest BCUT2D eigenvalue weighted by Crippen LogP contribution is -2.03. The predicted molar refractivity (Wildman–Crippen MR) is 50.7 cm³/mol. The summed E-state index contributed by atoms with van der Waals surface area (Å²) < 4.78 is 41.1. The molecule has 86 valence electrons. The van der Waals surface area contributed by atoms with Crippen LogP contribution in [-0.2, 0) is 0 Å². The van der Waals surface area contributed by atoms with Gasteiger partial charge in [0, 0.05) is 0 Å². The van der Waals surface area contributed by atoms with Crippen molar-refractivity contribution in [2.24, 2.45) is 0 Å². The number of hydrogen-bond donors (Lipinski definition) is 0. The zero-order chi connectivity index (χ0) is 12.3. The maximum Gasteiger partial charge on any atom is 0.211 e. The van der Waals surface area contributed by atoms with E-state index in [0.29, 0.717) is 0 Å². The fraction of sp³-hybridized carbons (Fsp3) is 0.300. The molecule has 1 rings (SSSR count). The van der Waals surface area contributed by atoms with Crippen LogP contribution in [0.2, 0.25) is 0 Å². The lowest BCUT2D eigenvalue weighted by atomic mass is 10.1. The van der Waals surface area contributed by atoms with Crippen LogP contribution in [0.5, 0.6) is 17.2 Å². The van der Waals surface area contributed by atoms with Gasteiger partial charge in [-0.1, -0.05) is 0 Å². The van der Waals surface area contributed by atoms with Crippen LogP contribution in [0.4, 0.5) is 8.78 Å². The molecule has 0 N–H and O–H groups in total. The summed E-state index contributed by atoms with van der Waals surface area (Å²) in [6, 6.07) is 1.61. The van der Waals surface area contributed by atoms with Gasteiger partial charge in [0.25, 0.3) is 0 Å². The number of nitriles is 1. The van der Waals surface area contributed by atoms with Crippen molar-refractivity contribution in [1.82, 2.24) is 0 Å². The highest BCUT2D eigenvalue weighted by molar-refractivity contribution is 5.59. The van der Waals surface area contributed by atoms with Gasteiger partial charge in [0.15, 0.2) is 17.2 Å². The van der Waals surface area contributed by atoms with E-state index >= 15 is 0 Å². The van der Waals surface area contributed by atoms with Crippen molar-refractivity contribution >= 4 is 0 Å². The summed E-state index contributed by atoms with van der Waals surface area (Å²) in [6.45, 7) is 0. The zero-order valence-corrected chi connectivity index (χ0v) is 8.93. The normalized spacial score (nSPS) is 9.50. The standard InChI is InChI=1S/C10H9F2NO3/c1-14-8-5(4-13)9(15-2)7(12)10(16-3)6(8)11/h1-3H3. The number of halogens is 2. The van der Waals surface area contributed by atoms with Crippen LogP contribution in [0.25, 0.3) is 0 Å². The van der Waals surface area contributed by atoms with Gasteiger partial charge in [-0.15, -0.1) is 0 Å². The van der Waals surface area contributed by atoms with Gasteiger partial charge in [-0.3, -0.25) is 0 Å². The number of rotatable bonds is 3. The molecular weight excluding hydrogens is 220 g/mol. The third-order valence-corrected chi connectivity index (χ3v) is 1.98. The van der Waals surface area contributed by atoms with E-state index in [2.05, 4.69) is 14.2 Å². The van der Waals surface area contributed by atoms with Crippen LogP contribution in [-0.4, -0.2) is 21.3 Å². The molecular formula is C10H9F2NO3. The number of methoxy groups -OCH3 is 3. The second-order valence-electron chi connectivity index (χ2n) is 2.71. The minimum atomic E-state index is -1.07. The molecule has 0 aromatic heterocycles. The molecule has 0 heterocycles. The van der Waals surface area contributed by atoms with Gasteiger partial charge in [-0.25, -0.2) is 0 Å². The molecule has 0 spiro atoms. The largest absolute Gasteiger partial charge is 0.492 e. The van der Waals surface area contributed by atoms with E-state index in [4.69, 9.17) is 5.26 Å². The monoisotopic (exact) mass is 229 g/mol. The first-order valence-corrected chi connectivity index (χ1v) is 4.19. The van der Waals surface area contributed by atoms with Crippen LogP contribution in [0.3, 0.4) is 0 Å². The second kappa shape index (κ2) is 4.66. The van der Waals surface area contributed by atoms with Crippen LogP contribution < -0.4 is 14.2 Å². The highest BCUT2D eigenvalue weighted by Crippen LogP contribution is 2.40. The number of benzene rings is 1. The predicted octanol–water partition coefficient (Wildman–Crippen LogP) is 1.86. The van der Waals surface area contributed by atoms with Gasteiger partial charge in [-0.2, -0.15) is 14.0 Å². The van der Waals surface area contributed by atoms with Crippen molar-refractivity contribution in [1.29, 1.82) is 5.26 Å². The average Bonchev–Trinajstić information content (AvgIpc) is 2.29. The van der Waals surface area contributed by atoms with Crippen LogP contribution >= 0.6 is 0 Å². The number of hydrogen-bond acceptors (Lipinski definition) is 4. The van der Waals surface area contributed by atoms with Gasteiger partial charge >= 0.3 is 0 Å². The summed E-state index contributed by atoms with van der Waals surface area (Å²) in [6.07, 6.45) is 0. The molecule has 6 heteroatoms. The molecule has 0 amide bonds. The van der Waals surface area contributed by atoms with Crippen molar-refractivity contribution < 1.29 is 23.0 Å². The van der Waals surface area contributed by atoms with Gasteiger partial charge < -0.3 is 14.2 Å². The first-order chi connectivity index (χ1) is 7.62. The van der Waals surface area contributed by atoms with Gasteiger partial charge in [0.1, 0.15) is 11.6 Å². The molecule has 0 aliphatic rings. The SMILES string of the molecule is COc1c(F)c(OC)c(C#N)c(OC)c1F. The minimum absolute atomic E-state index is 0.346. The van der Waals surface area contributed by atoms with E-state index in [1.54, 1.807) is 6.07 Å². The van der Waals surface area contributed by atoms with Gasteiger partial charge in [0.2, 0.25) is 11.6 Å². The van der Waals surface area contributed by atoms with E-state index in [1.807, 2.05) is 0 Å². The number of nitrogens with zero attached hydrogens (tertiary/aromatic N) is 1. The third kappa shape index (κ3) is 1.60. The first kappa shape index (κ1) is 12.0. The molecule has 0 aliphatic heterocycles. The topological polar surface area (TPSA) is 51.5 Å². The Morgan fingerprint density at radius 1 is 0.875 bits per heavy atom. The molecule has 1 aromatic rings. The lowest BCUT2D eigenvalue weighted by molar-refractivity contribution is 0.311. The van der Waals surface area contributed by atoms with Gasteiger partial charge in [-0.05, 0) is 0 Å². The van der Waals surface area contributed by atoms with Crippen LogP contribution in [0.1, 0.15) is 5.56 Å². The van der Waals surface area contributed by atoms with E-state index < -0.39 is 28.9 Å². The molecule has 0 radical (unpaired) electrons. The fourth-order valence-corrected chi connectivity index (χ4v) is 1.29. The molecule has 0 unspecified atom stereocenters. The molecule has 0 saturated heterocycles. The summed E-state index contributed by atoms with van der Waals surface area (Å²) in [4.78, 5) is 0. The van der Waals surface area contributed by atoms with Crippen molar-refractivity contribution in [3.05, 3.63) is 17.2 Å². The smallest absolute Gasteiger partial charge is 0.211 e. The minimum Gasteiger partial charge on any atom is -0.492 e. The van der Waals surface area contributed by atoms with Gasteiger partial charge in [0.05, 0.1) is 21.3 Å². The second-order valence-corrected chi connectivity index (χ2v) is 2.71. The summed E-state index contributed by atoms with van der Waals surface area (Å²) >= 11 is 0. The quantitative estimate of drug-likeness (QED) is 0.793. The Morgan fingerprint density at radius 2 is 1.25 bits per heavy atom. The summed E-state index contributed by atoms with van der Waals surface area (Å²) in [5, 5.41) is 8.79. The van der Waals surface area contributed by atoms with E-state index in [1.165, 1.54) is 0 Å². The van der Waals surface area contributed by atoms with Crippen LogP contribution in [0, 0.1) is 23.0 Å². The molecule has 0 aliphatic carbocycles. The fourth-order valence-electron chi connectivity index (χ4n) is 1.29. The summed E-state index contributed by atoms with van der Waals surface area (Å²) in [7, 11) is 3.43. The average molecular weight is 229 g/mol. The molecule has 0 saturated carbocycles. The Balaban J connectivity index is 3.70. The Hall–Kier alpha value is -2.03. The number of ether oxygens (including phenoxy) is 3. The van der Waals surface area contributed by atoms with Crippen molar-refractivity contribution in [2.75, 3.05) is 21.3 Å². The maximum absolute atomic E-state index is 13.6. The Labute approximate surface area is 91.0 Å². The Morgan fingerprint density at radius 3 is 1.50 bits per heavy atom. The van der Waals surface area contributed by atoms with E-state index in [-0.39, 0.29) is 5.56 Å². The summed E-state index contributed by atoms with van der Waals surface area (Å²) in [5.41, 5.74) is -0.346. The highest BCUT2D eigenvalue weighted by atomic mass is 19.1. The molecule has 16 heavy (non-hydrogen) atoms. The third-order valence-electron chi connectivity index (χ3n) is 1.98.